The molecule has 0 saturated carbocycles. The third kappa shape index (κ3) is 8.89. The molecule has 174 valence electrons. The Kier molecular flexibility index (Phi) is 10.4. The highest BCUT2D eigenvalue weighted by molar-refractivity contribution is 6.02. The van der Waals surface area contributed by atoms with E-state index in [0.29, 0.717) is 24.2 Å². The summed E-state index contributed by atoms with van der Waals surface area (Å²) in [6.07, 6.45) is 6.03. The fourth-order valence-corrected chi connectivity index (χ4v) is 2.97. The second-order valence-corrected chi connectivity index (χ2v) is 7.45. The first-order valence-electron chi connectivity index (χ1n) is 10.8. The molecule has 0 atom stereocenters. The lowest BCUT2D eigenvalue weighted by Gasteiger charge is -2.06. The van der Waals surface area contributed by atoms with Gasteiger partial charge in [0.15, 0.2) is 0 Å². The zero-order valence-corrected chi connectivity index (χ0v) is 18.6. The van der Waals surface area contributed by atoms with Crippen LogP contribution >= 0.6 is 0 Å². The van der Waals surface area contributed by atoms with E-state index in [0.717, 1.165) is 25.7 Å². The Hall–Kier alpha value is -4.56. The Bertz CT molecular complexity index is 1030. The predicted octanol–water partition coefficient (Wildman–Crippen LogP) is 3.40. The van der Waals surface area contributed by atoms with E-state index >= 15 is 0 Å². The summed E-state index contributed by atoms with van der Waals surface area (Å²) in [5.74, 6) is -0.689. The van der Waals surface area contributed by atoms with Crippen LogP contribution in [0.2, 0.25) is 0 Å². The minimum atomic E-state index is -0.452. The normalized spacial score (nSPS) is 11.2. The van der Waals surface area contributed by atoms with Crippen molar-refractivity contribution < 1.29 is 19.8 Å². The molecule has 34 heavy (non-hydrogen) atoms. The Morgan fingerprint density at radius 2 is 1.03 bits per heavy atom. The van der Waals surface area contributed by atoms with Gasteiger partial charge in [-0.05, 0) is 60.4 Å². The number of rotatable bonds is 11. The number of benzene rings is 2. The topological polar surface area (TPSA) is 146 Å². The average molecular weight is 459 g/mol. The van der Waals surface area contributed by atoms with Crippen LogP contribution in [0.15, 0.2) is 59.7 Å². The smallest absolute Gasteiger partial charge is 0.261 e. The number of phenolic OH excluding ortho intramolecular Hbond substituents is 2. The standard InChI is InChI=1S/C26H26N4O4/c27-17-21(15-19-5-9-23(31)10-6-19)25(33)29-13-3-1-2-4-14-30-26(34)22(18-28)16-20-7-11-24(32)12-8-20/h5-12,15-16,31-32H,1-4,13-14H2,(H,29,33)(H,30,34)/b21-15+,22-16+. The Morgan fingerprint density at radius 3 is 1.35 bits per heavy atom. The highest BCUT2D eigenvalue weighted by Gasteiger charge is 2.09. The molecule has 4 N–H and O–H groups in total. The Balaban J connectivity index is 1.64. The van der Waals surface area contributed by atoms with E-state index in [1.807, 2.05) is 12.1 Å². The van der Waals surface area contributed by atoms with Gasteiger partial charge in [-0.25, -0.2) is 0 Å². The molecular formula is C26H26N4O4. The molecule has 8 nitrogen and oxygen atoms in total. The number of nitrogens with one attached hydrogen (secondary N) is 2. The summed E-state index contributed by atoms with van der Waals surface area (Å²) < 4.78 is 0. The number of unbranched alkanes of at least 4 members (excludes halogenated alkanes) is 3. The molecule has 2 rings (SSSR count). The van der Waals surface area contributed by atoms with Crippen LogP contribution in [0.1, 0.15) is 36.8 Å². The maximum Gasteiger partial charge on any atom is 0.261 e. The van der Waals surface area contributed by atoms with Gasteiger partial charge in [0.05, 0.1) is 0 Å². The van der Waals surface area contributed by atoms with Crippen molar-refractivity contribution in [1.29, 1.82) is 10.5 Å². The number of nitrogens with zero attached hydrogens (tertiary/aromatic N) is 2. The number of hydrogen-bond acceptors (Lipinski definition) is 6. The quantitative estimate of drug-likeness (QED) is 0.231. The molecule has 2 aromatic rings. The van der Waals surface area contributed by atoms with Crippen LogP contribution in [-0.2, 0) is 9.59 Å². The maximum absolute atomic E-state index is 12.2. The largest absolute Gasteiger partial charge is 0.508 e. The van der Waals surface area contributed by atoms with Gasteiger partial charge in [-0.1, -0.05) is 37.1 Å². The molecule has 0 unspecified atom stereocenters. The Labute approximate surface area is 198 Å². The second-order valence-electron chi connectivity index (χ2n) is 7.45. The van der Waals surface area contributed by atoms with E-state index in [1.54, 1.807) is 24.3 Å². The first-order chi connectivity index (χ1) is 16.4. The maximum atomic E-state index is 12.2. The number of amides is 2. The van der Waals surface area contributed by atoms with Crippen molar-refractivity contribution in [3.8, 4) is 23.6 Å². The molecule has 0 aliphatic heterocycles. The van der Waals surface area contributed by atoms with Gasteiger partial charge in [0.2, 0.25) is 0 Å². The van der Waals surface area contributed by atoms with Gasteiger partial charge >= 0.3 is 0 Å². The van der Waals surface area contributed by atoms with Gasteiger partial charge in [0.25, 0.3) is 11.8 Å². The zero-order chi connectivity index (χ0) is 24.8. The average Bonchev–Trinajstić information content (AvgIpc) is 2.84. The molecule has 0 aromatic heterocycles. The summed E-state index contributed by atoms with van der Waals surface area (Å²) in [6.45, 7) is 0.849. The van der Waals surface area contributed by atoms with Gasteiger partial charge in [-0.15, -0.1) is 0 Å². The van der Waals surface area contributed by atoms with Crippen molar-refractivity contribution in [3.05, 3.63) is 70.8 Å². The molecule has 0 heterocycles. The molecule has 0 aliphatic rings. The van der Waals surface area contributed by atoms with Gasteiger partial charge in [-0.2, -0.15) is 10.5 Å². The van der Waals surface area contributed by atoms with Gasteiger partial charge < -0.3 is 20.8 Å². The van der Waals surface area contributed by atoms with Crippen molar-refractivity contribution in [2.24, 2.45) is 0 Å². The molecule has 8 heteroatoms. The monoisotopic (exact) mass is 458 g/mol. The van der Waals surface area contributed by atoms with E-state index in [9.17, 15) is 30.3 Å². The molecule has 0 aliphatic carbocycles. The molecule has 2 aromatic carbocycles. The second kappa shape index (κ2) is 13.8. The first-order valence-corrected chi connectivity index (χ1v) is 10.8. The van der Waals surface area contributed by atoms with Crippen molar-refractivity contribution in [2.75, 3.05) is 13.1 Å². The lowest BCUT2D eigenvalue weighted by atomic mass is 10.1. The fraction of sp³-hybridized carbons (Fsp3) is 0.231. The number of carbonyl (C=O) groups excluding carboxylic acids is 2. The van der Waals surface area contributed by atoms with Crippen molar-refractivity contribution in [1.82, 2.24) is 10.6 Å². The van der Waals surface area contributed by atoms with Crippen LogP contribution in [0.25, 0.3) is 12.2 Å². The molecule has 2 amide bonds. The molecule has 0 bridgehead atoms. The van der Waals surface area contributed by atoms with Gasteiger partial charge in [0.1, 0.15) is 34.8 Å². The van der Waals surface area contributed by atoms with Crippen LogP contribution in [0.5, 0.6) is 11.5 Å². The summed E-state index contributed by atoms with van der Waals surface area (Å²) >= 11 is 0. The summed E-state index contributed by atoms with van der Waals surface area (Å²) in [5.41, 5.74) is 1.26. The lowest BCUT2D eigenvalue weighted by Crippen LogP contribution is -2.26. The number of hydrogen-bond donors (Lipinski definition) is 4. The van der Waals surface area contributed by atoms with Crippen LogP contribution < -0.4 is 10.6 Å². The van der Waals surface area contributed by atoms with Crippen LogP contribution in [0.3, 0.4) is 0 Å². The molecule has 0 spiro atoms. The van der Waals surface area contributed by atoms with Crippen LogP contribution in [-0.4, -0.2) is 35.1 Å². The van der Waals surface area contributed by atoms with Gasteiger partial charge in [-0.3, -0.25) is 9.59 Å². The molecule has 0 fully saturated rings. The first kappa shape index (κ1) is 25.7. The fourth-order valence-electron chi connectivity index (χ4n) is 2.97. The van der Waals surface area contributed by atoms with Crippen LogP contribution in [0, 0.1) is 22.7 Å². The highest BCUT2D eigenvalue weighted by Crippen LogP contribution is 2.14. The summed E-state index contributed by atoms with van der Waals surface area (Å²) in [5, 5.41) is 42.4. The van der Waals surface area contributed by atoms with E-state index in [4.69, 9.17) is 0 Å². The molecular weight excluding hydrogens is 432 g/mol. The summed E-state index contributed by atoms with van der Waals surface area (Å²) in [7, 11) is 0. The predicted molar refractivity (Wildman–Crippen MR) is 128 cm³/mol. The molecule has 0 radical (unpaired) electrons. The van der Waals surface area contributed by atoms with Crippen molar-refractivity contribution >= 4 is 24.0 Å². The summed E-state index contributed by atoms with van der Waals surface area (Å²) in [4.78, 5) is 24.3. The number of phenols is 2. The minimum Gasteiger partial charge on any atom is -0.508 e. The number of nitriles is 2. The van der Waals surface area contributed by atoms with E-state index in [1.165, 1.54) is 36.4 Å². The van der Waals surface area contributed by atoms with E-state index < -0.39 is 11.8 Å². The highest BCUT2D eigenvalue weighted by atomic mass is 16.3. The number of aromatic hydroxyl groups is 2. The SMILES string of the molecule is N#C/C(=C\c1ccc(O)cc1)C(=O)NCCCCCCNC(=O)/C(C#N)=C/c1ccc(O)cc1. The third-order valence-corrected chi connectivity index (χ3v) is 4.81. The Morgan fingerprint density at radius 1 is 0.676 bits per heavy atom. The third-order valence-electron chi connectivity index (χ3n) is 4.81. The minimum absolute atomic E-state index is 0.0120. The van der Waals surface area contributed by atoms with E-state index in [2.05, 4.69) is 10.6 Å². The van der Waals surface area contributed by atoms with Crippen molar-refractivity contribution in [3.63, 3.8) is 0 Å². The summed E-state index contributed by atoms with van der Waals surface area (Å²) in [6, 6.07) is 16.1. The number of carbonyl (C=O) groups is 2. The zero-order valence-electron chi connectivity index (χ0n) is 18.6. The van der Waals surface area contributed by atoms with Gasteiger partial charge in [0, 0.05) is 13.1 Å². The van der Waals surface area contributed by atoms with Crippen molar-refractivity contribution in [2.45, 2.75) is 25.7 Å². The lowest BCUT2D eigenvalue weighted by molar-refractivity contribution is -0.117. The van der Waals surface area contributed by atoms with Crippen LogP contribution in [0.4, 0.5) is 0 Å². The van der Waals surface area contributed by atoms with E-state index in [-0.39, 0.29) is 22.6 Å². The molecule has 0 saturated heterocycles.